The molecular weight excluding hydrogens is 380 g/mol. The number of rotatable bonds is 5. The second kappa shape index (κ2) is 7.55. The Kier molecular flexibility index (Phi) is 5.05. The van der Waals surface area contributed by atoms with E-state index in [2.05, 4.69) is 36.1 Å². The highest BCUT2D eigenvalue weighted by Crippen LogP contribution is 2.34. The zero-order valence-electron chi connectivity index (χ0n) is 17.4. The fourth-order valence-corrected chi connectivity index (χ4v) is 3.72. The van der Waals surface area contributed by atoms with Gasteiger partial charge in [0, 0.05) is 12.2 Å². The highest BCUT2D eigenvalue weighted by molar-refractivity contribution is 5.97. The molecule has 2 heterocycles. The predicted octanol–water partition coefficient (Wildman–Crippen LogP) is 3.33. The molecule has 7 nitrogen and oxygen atoms in total. The van der Waals surface area contributed by atoms with Crippen LogP contribution in [0.25, 0.3) is 11.0 Å². The van der Waals surface area contributed by atoms with E-state index in [4.69, 9.17) is 0 Å². The number of carbonyl (C=O) groups excluding carboxylic acids is 1. The Labute approximate surface area is 174 Å². The molecule has 0 saturated heterocycles. The molecule has 1 aliphatic rings. The number of pyridine rings is 1. The Bertz CT molecular complexity index is 1200. The van der Waals surface area contributed by atoms with E-state index in [-0.39, 0.29) is 28.8 Å². The van der Waals surface area contributed by atoms with Gasteiger partial charge in [-0.05, 0) is 36.3 Å². The van der Waals surface area contributed by atoms with Crippen LogP contribution in [0.15, 0.2) is 52.2 Å². The first-order chi connectivity index (χ1) is 14.2. The van der Waals surface area contributed by atoms with E-state index in [1.807, 2.05) is 30.3 Å². The minimum Gasteiger partial charge on any atom is -0.345 e. The van der Waals surface area contributed by atoms with Crippen molar-refractivity contribution in [2.45, 2.75) is 52.1 Å². The molecule has 156 valence electrons. The summed E-state index contributed by atoms with van der Waals surface area (Å²) < 4.78 is 1.52. The Morgan fingerprint density at radius 1 is 1.23 bits per heavy atom. The summed E-state index contributed by atoms with van der Waals surface area (Å²) in [5, 5.41) is 3.34. The normalized spacial score (nSPS) is 15.2. The first-order valence-electron chi connectivity index (χ1n) is 10.2. The van der Waals surface area contributed by atoms with E-state index in [0.29, 0.717) is 11.2 Å². The van der Waals surface area contributed by atoms with Crippen molar-refractivity contribution in [3.05, 3.63) is 74.6 Å². The predicted molar refractivity (Wildman–Crippen MR) is 116 cm³/mol. The third-order valence-electron chi connectivity index (χ3n) is 5.28. The van der Waals surface area contributed by atoms with Crippen LogP contribution in [0.5, 0.6) is 0 Å². The number of carbonyl (C=O) groups is 1. The molecule has 2 N–H and O–H groups in total. The van der Waals surface area contributed by atoms with Crippen LogP contribution in [0.3, 0.4) is 0 Å². The SMILES string of the molecule is CC(C)(C)CC(NC(=O)c1cnc2c(c1)c(=O)[nH]c(=O)n2C1CC1)c1ccccc1. The van der Waals surface area contributed by atoms with Gasteiger partial charge in [-0.25, -0.2) is 9.78 Å². The van der Waals surface area contributed by atoms with E-state index >= 15 is 0 Å². The second-order valence-corrected chi connectivity index (χ2v) is 9.16. The highest BCUT2D eigenvalue weighted by Gasteiger charge is 2.28. The summed E-state index contributed by atoms with van der Waals surface area (Å²) in [6.07, 6.45) is 3.97. The Morgan fingerprint density at radius 3 is 2.57 bits per heavy atom. The number of hydrogen-bond donors (Lipinski definition) is 2. The number of aromatic amines is 1. The number of fused-ring (bicyclic) bond motifs is 1. The molecule has 3 aromatic rings. The molecule has 0 aliphatic heterocycles. The zero-order chi connectivity index (χ0) is 21.5. The molecule has 2 aromatic heterocycles. The molecule has 1 saturated carbocycles. The minimum atomic E-state index is -0.525. The maximum Gasteiger partial charge on any atom is 0.330 e. The van der Waals surface area contributed by atoms with Crippen molar-refractivity contribution in [3.8, 4) is 0 Å². The van der Waals surface area contributed by atoms with Gasteiger partial charge >= 0.3 is 5.69 Å². The smallest absolute Gasteiger partial charge is 0.330 e. The van der Waals surface area contributed by atoms with Crippen molar-refractivity contribution >= 4 is 16.9 Å². The standard InChI is InChI=1S/C23H26N4O3/c1-23(2,3)12-18(14-7-5-4-6-8-14)25-20(28)15-11-17-19(24-13-15)27(16-9-10-16)22(30)26-21(17)29/h4-8,11,13,16,18H,9-10,12H2,1-3H3,(H,25,28)(H,26,29,30). The van der Waals surface area contributed by atoms with E-state index in [9.17, 15) is 14.4 Å². The molecule has 0 bridgehead atoms. The molecular formula is C23H26N4O3. The van der Waals surface area contributed by atoms with E-state index in [1.54, 1.807) is 0 Å². The summed E-state index contributed by atoms with van der Waals surface area (Å²) in [4.78, 5) is 44.2. The van der Waals surface area contributed by atoms with Gasteiger partial charge in [-0.3, -0.25) is 19.1 Å². The number of benzene rings is 1. The number of amides is 1. The number of aromatic nitrogens is 3. The lowest BCUT2D eigenvalue weighted by atomic mass is 9.85. The quantitative estimate of drug-likeness (QED) is 0.679. The average Bonchev–Trinajstić information content (AvgIpc) is 3.52. The fraction of sp³-hybridized carbons (Fsp3) is 0.391. The monoisotopic (exact) mass is 406 g/mol. The number of nitrogens with one attached hydrogen (secondary N) is 2. The Balaban J connectivity index is 1.68. The van der Waals surface area contributed by atoms with Gasteiger partial charge in [-0.2, -0.15) is 0 Å². The van der Waals surface area contributed by atoms with Gasteiger partial charge in [0.25, 0.3) is 11.5 Å². The first-order valence-corrected chi connectivity index (χ1v) is 10.2. The molecule has 0 spiro atoms. The van der Waals surface area contributed by atoms with Crippen molar-refractivity contribution in [1.29, 1.82) is 0 Å². The van der Waals surface area contributed by atoms with Gasteiger partial charge in [-0.15, -0.1) is 0 Å². The van der Waals surface area contributed by atoms with Crippen LogP contribution in [-0.4, -0.2) is 20.4 Å². The summed E-state index contributed by atoms with van der Waals surface area (Å²) in [5.74, 6) is -0.300. The summed E-state index contributed by atoms with van der Waals surface area (Å²) in [6, 6.07) is 11.2. The van der Waals surface area contributed by atoms with Crippen molar-refractivity contribution in [3.63, 3.8) is 0 Å². The van der Waals surface area contributed by atoms with Crippen molar-refractivity contribution in [2.24, 2.45) is 5.41 Å². The van der Waals surface area contributed by atoms with Gasteiger partial charge < -0.3 is 5.32 Å². The summed E-state index contributed by atoms with van der Waals surface area (Å²) in [7, 11) is 0. The van der Waals surface area contributed by atoms with Crippen molar-refractivity contribution in [1.82, 2.24) is 19.9 Å². The van der Waals surface area contributed by atoms with Gasteiger partial charge in [0.1, 0.15) is 5.65 Å². The van der Waals surface area contributed by atoms with E-state index < -0.39 is 11.2 Å². The fourth-order valence-electron chi connectivity index (χ4n) is 3.72. The number of nitrogens with zero attached hydrogens (tertiary/aromatic N) is 2. The van der Waals surface area contributed by atoms with Gasteiger partial charge in [-0.1, -0.05) is 51.1 Å². The largest absolute Gasteiger partial charge is 0.345 e. The van der Waals surface area contributed by atoms with Crippen LogP contribution in [-0.2, 0) is 0 Å². The van der Waals surface area contributed by atoms with Crippen molar-refractivity contribution < 1.29 is 4.79 Å². The Morgan fingerprint density at radius 2 is 1.93 bits per heavy atom. The minimum absolute atomic E-state index is 0.00685. The highest BCUT2D eigenvalue weighted by atomic mass is 16.2. The zero-order valence-corrected chi connectivity index (χ0v) is 17.4. The van der Waals surface area contributed by atoms with E-state index in [1.165, 1.54) is 16.8 Å². The molecule has 1 fully saturated rings. The molecule has 1 aromatic carbocycles. The van der Waals surface area contributed by atoms with Crippen LogP contribution in [0.2, 0.25) is 0 Å². The van der Waals surface area contributed by atoms with Gasteiger partial charge in [0.15, 0.2) is 0 Å². The third kappa shape index (κ3) is 4.20. The molecule has 1 aliphatic carbocycles. The lowest BCUT2D eigenvalue weighted by Crippen LogP contribution is -2.33. The Hall–Kier alpha value is -3.22. The molecule has 7 heteroatoms. The molecule has 0 radical (unpaired) electrons. The van der Waals surface area contributed by atoms with E-state index in [0.717, 1.165) is 24.8 Å². The second-order valence-electron chi connectivity index (χ2n) is 9.16. The average molecular weight is 406 g/mol. The maximum absolute atomic E-state index is 13.0. The molecule has 1 unspecified atom stereocenters. The molecule has 4 rings (SSSR count). The molecule has 1 amide bonds. The summed E-state index contributed by atoms with van der Waals surface area (Å²) in [5.41, 5.74) is 0.681. The van der Waals surface area contributed by atoms with Crippen LogP contribution in [0, 0.1) is 5.41 Å². The maximum atomic E-state index is 13.0. The van der Waals surface area contributed by atoms with Crippen LogP contribution in [0.4, 0.5) is 0 Å². The molecule has 1 atom stereocenters. The number of hydrogen-bond acceptors (Lipinski definition) is 4. The lowest BCUT2D eigenvalue weighted by molar-refractivity contribution is 0.0926. The van der Waals surface area contributed by atoms with Crippen LogP contribution in [0.1, 0.15) is 68.0 Å². The third-order valence-corrected chi connectivity index (χ3v) is 5.28. The van der Waals surface area contributed by atoms with Crippen LogP contribution < -0.4 is 16.6 Å². The summed E-state index contributed by atoms with van der Waals surface area (Å²) in [6.45, 7) is 6.39. The topological polar surface area (TPSA) is 96.8 Å². The number of H-pyrrole nitrogens is 1. The first kappa shape index (κ1) is 20.1. The van der Waals surface area contributed by atoms with Gasteiger partial charge in [0.05, 0.1) is 17.0 Å². The summed E-state index contributed by atoms with van der Waals surface area (Å²) >= 11 is 0. The van der Waals surface area contributed by atoms with Crippen molar-refractivity contribution in [2.75, 3.05) is 0 Å². The van der Waals surface area contributed by atoms with Gasteiger partial charge in [0.2, 0.25) is 0 Å². The van der Waals surface area contributed by atoms with Crippen LogP contribution >= 0.6 is 0 Å². The lowest BCUT2D eigenvalue weighted by Gasteiger charge is -2.27. The molecule has 30 heavy (non-hydrogen) atoms.